The van der Waals surface area contributed by atoms with E-state index in [9.17, 15) is 9.59 Å². The Balaban J connectivity index is 1.63. The Kier molecular flexibility index (Phi) is 5.12. The molecule has 1 aliphatic heterocycles. The van der Waals surface area contributed by atoms with Gasteiger partial charge in [-0.1, -0.05) is 54.6 Å². The molecule has 0 spiro atoms. The summed E-state index contributed by atoms with van der Waals surface area (Å²) in [5, 5.41) is 0.504. The van der Waals surface area contributed by atoms with Crippen LogP contribution in [-0.4, -0.2) is 23.6 Å². The van der Waals surface area contributed by atoms with Gasteiger partial charge in [-0.3, -0.25) is 9.59 Å². The van der Waals surface area contributed by atoms with Gasteiger partial charge in [0.25, 0.3) is 5.91 Å². The van der Waals surface area contributed by atoms with E-state index in [1.165, 1.54) is 0 Å². The van der Waals surface area contributed by atoms with Gasteiger partial charge in [-0.05, 0) is 48.1 Å². The van der Waals surface area contributed by atoms with Gasteiger partial charge in [-0.2, -0.15) is 0 Å². The zero-order chi connectivity index (χ0) is 21.4. The van der Waals surface area contributed by atoms with Crippen LogP contribution in [-0.2, 0) is 6.42 Å². The molecular formula is C26H21NO3S. The minimum absolute atomic E-state index is 0.133. The Labute approximate surface area is 184 Å². The summed E-state index contributed by atoms with van der Waals surface area (Å²) in [6, 6.07) is 24.8. The van der Waals surface area contributed by atoms with Gasteiger partial charge in [0.1, 0.15) is 5.58 Å². The van der Waals surface area contributed by atoms with Crippen molar-refractivity contribution in [1.29, 1.82) is 0 Å². The maximum absolute atomic E-state index is 13.4. The number of rotatable bonds is 5. The van der Waals surface area contributed by atoms with Gasteiger partial charge < -0.3 is 9.32 Å². The van der Waals surface area contributed by atoms with Crippen molar-refractivity contribution in [2.45, 2.75) is 17.4 Å². The average molecular weight is 428 g/mol. The van der Waals surface area contributed by atoms with Crippen LogP contribution in [0.25, 0.3) is 11.0 Å². The fourth-order valence-corrected chi connectivity index (χ4v) is 4.63. The molecule has 0 radical (unpaired) electrons. The first kappa shape index (κ1) is 19.6. The van der Waals surface area contributed by atoms with Crippen LogP contribution in [0.5, 0.6) is 0 Å². The molecule has 0 saturated carbocycles. The number of nitrogens with zero attached hydrogens (tertiary/aromatic N) is 1. The van der Waals surface area contributed by atoms with E-state index in [2.05, 4.69) is 0 Å². The summed E-state index contributed by atoms with van der Waals surface area (Å²) >= 11 is 1.66. The Bertz CT molecular complexity index is 1310. The SMILES string of the molecule is CSc1ccc([C@H]2c3c(oc4ccccc4c3=O)C(=O)N2CCc2ccccc2)cc1. The zero-order valence-corrected chi connectivity index (χ0v) is 17.9. The molecule has 1 amide bonds. The van der Waals surface area contributed by atoms with E-state index in [1.54, 1.807) is 28.8 Å². The summed E-state index contributed by atoms with van der Waals surface area (Å²) in [7, 11) is 0. The molecule has 4 aromatic rings. The molecule has 0 N–H and O–H groups in total. The number of para-hydroxylation sites is 1. The van der Waals surface area contributed by atoms with Crippen LogP contribution in [0.2, 0.25) is 0 Å². The second-order valence-corrected chi connectivity index (χ2v) is 8.46. The van der Waals surface area contributed by atoms with E-state index in [4.69, 9.17) is 4.42 Å². The molecule has 154 valence electrons. The van der Waals surface area contributed by atoms with Crippen LogP contribution >= 0.6 is 11.8 Å². The third-order valence-electron chi connectivity index (χ3n) is 5.79. The normalized spacial score (nSPS) is 15.5. The smallest absolute Gasteiger partial charge is 0.290 e. The van der Waals surface area contributed by atoms with E-state index < -0.39 is 6.04 Å². The maximum Gasteiger partial charge on any atom is 0.290 e. The second kappa shape index (κ2) is 8.08. The van der Waals surface area contributed by atoms with E-state index in [-0.39, 0.29) is 17.1 Å². The monoisotopic (exact) mass is 427 g/mol. The highest BCUT2D eigenvalue weighted by Gasteiger charge is 2.42. The van der Waals surface area contributed by atoms with E-state index in [1.807, 2.05) is 73.0 Å². The van der Waals surface area contributed by atoms with Crippen molar-refractivity contribution < 1.29 is 9.21 Å². The molecule has 0 bridgehead atoms. The molecule has 1 aliphatic rings. The van der Waals surface area contributed by atoms with Crippen molar-refractivity contribution >= 4 is 28.6 Å². The summed E-state index contributed by atoms with van der Waals surface area (Å²) in [5.41, 5.74) is 2.81. The topological polar surface area (TPSA) is 50.5 Å². The average Bonchev–Trinajstić information content (AvgIpc) is 3.10. The molecule has 0 aliphatic carbocycles. The summed E-state index contributed by atoms with van der Waals surface area (Å²) in [6.07, 6.45) is 2.73. The lowest BCUT2D eigenvalue weighted by atomic mass is 9.98. The van der Waals surface area contributed by atoms with Crippen molar-refractivity contribution in [3.05, 3.63) is 112 Å². The molecular weight excluding hydrogens is 406 g/mol. The van der Waals surface area contributed by atoms with Gasteiger partial charge in [0, 0.05) is 11.4 Å². The van der Waals surface area contributed by atoms with Gasteiger partial charge in [0.15, 0.2) is 5.43 Å². The van der Waals surface area contributed by atoms with E-state index >= 15 is 0 Å². The first-order valence-corrected chi connectivity index (χ1v) is 11.4. The van der Waals surface area contributed by atoms with Crippen molar-refractivity contribution in [2.75, 3.05) is 12.8 Å². The number of thioether (sulfide) groups is 1. The Morgan fingerprint density at radius 1 is 0.903 bits per heavy atom. The van der Waals surface area contributed by atoms with E-state index in [0.29, 0.717) is 29.5 Å². The summed E-state index contributed by atoms with van der Waals surface area (Å²) in [6.45, 7) is 0.498. The molecule has 2 heterocycles. The lowest BCUT2D eigenvalue weighted by Gasteiger charge is -2.25. The molecule has 31 heavy (non-hydrogen) atoms. The van der Waals surface area contributed by atoms with Gasteiger partial charge in [0.05, 0.1) is 17.0 Å². The van der Waals surface area contributed by atoms with Crippen LogP contribution < -0.4 is 5.43 Å². The maximum atomic E-state index is 13.4. The fraction of sp³-hybridized carbons (Fsp3) is 0.154. The number of carbonyl (C=O) groups is 1. The predicted octanol–water partition coefficient (Wildman–Crippen LogP) is 5.30. The highest BCUT2D eigenvalue weighted by atomic mass is 32.2. The Hall–Kier alpha value is -3.31. The van der Waals surface area contributed by atoms with Gasteiger partial charge >= 0.3 is 0 Å². The minimum Gasteiger partial charge on any atom is -0.450 e. The lowest BCUT2D eigenvalue weighted by molar-refractivity contribution is 0.0730. The predicted molar refractivity (Wildman–Crippen MR) is 124 cm³/mol. The first-order chi connectivity index (χ1) is 15.2. The quantitative estimate of drug-likeness (QED) is 0.406. The van der Waals surface area contributed by atoms with Crippen molar-refractivity contribution in [3.63, 3.8) is 0 Å². The third kappa shape index (κ3) is 3.45. The lowest BCUT2D eigenvalue weighted by Crippen LogP contribution is -2.31. The molecule has 1 atom stereocenters. The van der Waals surface area contributed by atoms with Gasteiger partial charge in [-0.25, -0.2) is 0 Å². The molecule has 4 nitrogen and oxygen atoms in total. The van der Waals surface area contributed by atoms with Crippen molar-refractivity contribution in [2.24, 2.45) is 0 Å². The van der Waals surface area contributed by atoms with Crippen LogP contribution in [0.3, 0.4) is 0 Å². The number of benzene rings is 3. The largest absolute Gasteiger partial charge is 0.450 e. The van der Waals surface area contributed by atoms with Crippen LogP contribution in [0.4, 0.5) is 0 Å². The number of amides is 1. The van der Waals surface area contributed by atoms with Crippen LogP contribution in [0, 0.1) is 0 Å². The fourth-order valence-electron chi connectivity index (χ4n) is 4.22. The first-order valence-electron chi connectivity index (χ1n) is 10.2. The highest BCUT2D eigenvalue weighted by molar-refractivity contribution is 7.98. The van der Waals surface area contributed by atoms with Crippen LogP contribution in [0.15, 0.2) is 93.0 Å². The molecule has 0 unspecified atom stereocenters. The van der Waals surface area contributed by atoms with Crippen molar-refractivity contribution in [1.82, 2.24) is 4.90 Å². The Morgan fingerprint density at radius 3 is 2.35 bits per heavy atom. The van der Waals surface area contributed by atoms with Crippen molar-refractivity contribution in [3.8, 4) is 0 Å². The molecule has 3 aromatic carbocycles. The second-order valence-electron chi connectivity index (χ2n) is 7.58. The number of carbonyl (C=O) groups excluding carboxylic acids is 1. The number of hydrogen-bond donors (Lipinski definition) is 0. The Morgan fingerprint density at radius 2 is 1.61 bits per heavy atom. The van der Waals surface area contributed by atoms with Gasteiger partial charge in [-0.15, -0.1) is 11.8 Å². The molecule has 1 aromatic heterocycles. The standard InChI is InChI=1S/C26H21NO3S/c1-31-19-13-11-18(12-14-19)23-22-24(28)20-9-5-6-10-21(20)30-25(22)26(29)27(23)16-15-17-7-3-2-4-8-17/h2-14,23H,15-16H2,1H3/t23-/m0/s1. The molecule has 5 rings (SSSR count). The third-order valence-corrected chi connectivity index (χ3v) is 6.53. The number of hydrogen-bond acceptors (Lipinski definition) is 4. The molecule has 0 saturated heterocycles. The summed E-state index contributed by atoms with van der Waals surface area (Å²) in [5.74, 6) is -0.0663. The zero-order valence-electron chi connectivity index (χ0n) is 17.1. The number of fused-ring (bicyclic) bond motifs is 2. The molecule has 5 heteroatoms. The minimum atomic E-state index is -0.456. The molecule has 0 fully saturated rings. The van der Waals surface area contributed by atoms with Gasteiger partial charge in [0.2, 0.25) is 5.76 Å². The highest BCUT2D eigenvalue weighted by Crippen LogP contribution is 2.38. The van der Waals surface area contributed by atoms with E-state index in [0.717, 1.165) is 16.0 Å². The van der Waals surface area contributed by atoms with Crippen LogP contribution in [0.1, 0.15) is 33.3 Å². The summed E-state index contributed by atoms with van der Waals surface area (Å²) in [4.78, 5) is 29.8. The summed E-state index contributed by atoms with van der Waals surface area (Å²) < 4.78 is 5.98.